The summed E-state index contributed by atoms with van der Waals surface area (Å²) in [6.07, 6.45) is 2.18. The molecule has 0 heterocycles. The van der Waals surface area contributed by atoms with Crippen molar-refractivity contribution >= 4 is 17.1 Å². The number of benzene rings is 3. The van der Waals surface area contributed by atoms with Gasteiger partial charge in [-0.3, -0.25) is 0 Å². The van der Waals surface area contributed by atoms with Crippen LogP contribution in [0.25, 0.3) is 11.1 Å². The highest BCUT2D eigenvalue weighted by atomic mass is 15.1. The molecule has 1 aliphatic rings. The number of rotatable bonds is 5. The molecule has 0 fully saturated rings. The number of para-hydroxylation sites is 1. The predicted octanol–water partition coefficient (Wildman–Crippen LogP) is 6.16. The Morgan fingerprint density at radius 3 is 2.46 bits per heavy atom. The molecule has 1 aliphatic carbocycles. The monoisotopic (exact) mass is 342 g/mol. The van der Waals surface area contributed by atoms with E-state index < -0.39 is 0 Å². The van der Waals surface area contributed by atoms with E-state index in [9.17, 15) is 0 Å². The molecular weight excluding hydrogens is 316 g/mol. The average Bonchev–Trinajstić information content (AvgIpc) is 3.00. The van der Waals surface area contributed by atoms with Gasteiger partial charge in [0.1, 0.15) is 0 Å². The van der Waals surface area contributed by atoms with Crippen LogP contribution in [0.15, 0.2) is 60.7 Å². The summed E-state index contributed by atoms with van der Waals surface area (Å²) in [5.74, 6) is 0. The number of anilines is 3. The molecule has 0 aromatic heterocycles. The van der Waals surface area contributed by atoms with Gasteiger partial charge < -0.3 is 10.2 Å². The van der Waals surface area contributed by atoms with Crippen molar-refractivity contribution < 1.29 is 0 Å². The lowest BCUT2D eigenvalue weighted by Crippen LogP contribution is -2.17. The summed E-state index contributed by atoms with van der Waals surface area (Å²) in [6.45, 7) is 5.50. The van der Waals surface area contributed by atoms with Crippen LogP contribution in [0.1, 0.15) is 30.0 Å². The van der Waals surface area contributed by atoms with Gasteiger partial charge >= 0.3 is 0 Å². The molecule has 0 amide bonds. The van der Waals surface area contributed by atoms with Crippen LogP contribution in [0.4, 0.5) is 17.1 Å². The number of nitrogens with zero attached hydrogens (tertiary/aromatic N) is 1. The molecule has 3 aromatic rings. The fourth-order valence-corrected chi connectivity index (χ4v) is 3.84. The minimum Gasteiger partial charge on any atom is -0.375 e. The second kappa shape index (κ2) is 6.87. The topological polar surface area (TPSA) is 15.3 Å². The molecular formula is C24H26N2. The first kappa shape index (κ1) is 16.7. The summed E-state index contributed by atoms with van der Waals surface area (Å²) < 4.78 is 0. The van der Waals surface area contributed by atoms with Gasteiger partial charge in [-0.2, -0.15) is 0 Å². The third-order valence-electron chi connectivity index (χ3n) is 5.27. The first-order chi connectivity index (χ1) is 12.7. The third-order valence-corrected chi connectivity index (χ3v) is 5.27. The van der Waals surface area contributed by atoms with Crippen LogP contribution in [0.3, 0.4) is 0 Å². The summed E-state index contributed by atoms with van der Waals surface area (Å²) in [6, 6.07) is 22.0. The molecule has 0 atom stereocenters. The van der Waals surface area contributed by atoms with Gasteiger partial charge in [0.2, 0.25) is 0 Å². The van der Waals surface area contributed by atoms with Crippen molar-refractivity contribution in [2.24, 2.45) is 0 Å². The summed E-state index contributed by atoms with van der Waals surface area (Å²) >= 11 is 0. The van der Waals surface area contributed by atoms with Crippen molar-refractivity contribution in [1.82, 2.24) is 0 Å². The van der Waals surface area contributed by atoms with Crippen molar-refractivity contribution in [3.05, 3.63) is 77.4 Å². The molecule has 1 N–H and O–H groups in total. The van der Waals surface area contributed by atoms with Gasteiger partial charge in [0.05, 0.1) is 0 Å². The maximum Gasteiger partial charge on any atom is 0.0417 e. The number of nitrogens with one attached hydrogen (secondary N) is 1. The molecule has 132 valence electrons. The van der Waals surface area contributed by atoms with Crippen LogP contribution >= 0.6 is 0 Å². The van der Waals surface area contributed by atoms with Gasteiger partial charge in [-0.15, -0.1) is 0 Å². The first-order valence-corrected chi connectivity index (χ1v) is 9.45. The number of hydrogen-bond acceptors (Lipinski definition) is 2. The van der Waals surface area contributed by atoms with E-state index in [1.54, 1.807) is 0 Å². The van der Waals surface area contributed by atoms with Crippen molar-refractivity contribution in [2.45, 2.75) is 26.7 Å². The van der Waals surface area contributed by atoms with E-state index in [1.807, 2.05) is 6.07 Å². The van der Waals surface area contributed by atoms with Gasteiger partial charge in [0.25, 0.3) is 0 Å². The number of fused-ring (bicyclic) bond motifs is 3. The van der Waals surface area contributed by atoms with Crippen molar-refractivity contribution in [1.29, 1.82) is 0 Å². The van der Waals surface area contributed by atoms with Crippen molar-refractivity contribution in [3.8, 4) is 11.1 Å². The molecule has 2 nitrogen and oxygen atoms in total. The van der Waals surface area contributed by atoms with Crippen LogP contribution in [-0.2, 0) is 6.42 Å². The highest BCUT2D eigenvalue weighted by Crippen LogP contribution is 2.41. The minimum atomic E-state index is 1.02. The Hall–Kier alpha value is -2.74. The third kappa shape index (κ3) is 3.08. The van der Waals surface area contributed by atoms with Gasteiger partial charge in [-0.05, 0) is 84.0 Å². The van der Waals surface area contributed by atoms with Crippen LogP contribution in [-0.4, -0.2) is 13.6 Å². The van der Waals surface area contributed by atoms with E-state index in [0.29, 0.717) is 0 Å². The van der Waals surface area contributed by atoms with Gasteiger partial charge in [-0.1, -0.05) is 31.2 Å². The normalized spacial score (nSPS) is 11.8. The second-order valence-electron chi connectivity index (χ2n) is 7.26. The van der Waals surface area contributed by atoms with Crippen LogP contribution in [0.2, 0.25) is 0 Å². The summed E-state index contributed by atoms with van der Waals surface area (Å²) in [5, 5.41) is 3.57. The summed E-state index contributed by atoms with van der Waals surface area (Å²) in [4.78, 5) is 2.34. The molecule has 0 bridgehead atoms. The smallest absolute Gasteiger partial charge is 0.0417 e. The molecule has 0 aliphatic heterocycles. The zero-order chi connectivity index (χ0) is 18.1. The molecule has 0 radical (unpaired) electrons. The Morgan fingerprint density at radius 1 is 0.923 bits per heavy atom. The summed E-state index contributed by atoms with van der Waals surface area (Å²) in [5.41, 5.74) is 10.6. The fraction of sp³-hybridized carbons (Fsp3) is 0.250. The Bertz CT molecular complexity index is 928. The maximum absolute atomic E-state index is 3.57. The molecule has 4 rings (SSSR count). The molecule has 0 unspecified atom stereocenters. The van der Waals surface area contributed by atoms with Crippen LogP contribution in [0.5, 0.6) is 0 Å². The lowest BCUT2D eigenvalue weighted by Gasteiger charge is -2.19. The quantitative estimate of drug-likeness (QED) is 0.467. The number of hydrogen-bond donors (Lipinski definition) is 1. The predicted molar refractivity (Wildman–Crippen MR) is 113 cm³/mol. The van der Waals surface area contributed by atoms with E-state index in [-0.39, 0.29) is 0 Å². The fourth-order valence-electron chi connectivity index (χ4n) is 3.84. The van der Waals surface area contributed by atoms with E-state index in [2.05, 4.69) is 85.7 Å². The molecule has 2 heteroatoms. The molecule has 0 saturated carbocycles. The SMILES string of the molecule is CCCN(C)c1ccc2c(c1)-c1cc(C)c(Nc3ccccc3)cc1C2. The average molecular weight is 342 g/mol. The van der Waals surface area contributed by atoms with Gasteiger partial charge in [0.15, 0.2) is 0 Å². The second-order valence-corrected chi connectivity index (χ2v) is 7.26. The Morgan fingerprint density at radius 2 is 1.69 bits per heavy atom. The summed E-state index contributed by atoms with van der Waals surface area (Å²) in [7, 11) is 2.18. The Balaban J connectivity index is 1.68. The lowest BCUT2D eigenvalue weighted by molar-refractivity contribution is 0.852. The van der Waals surface area contributed by atoms with Crippen LogP contribution in [0, 0.1) is 6.92 Å². The van der Waals surface area contributed by atoms with Gasteiger partial charge in [0, 0.05) is 30.7 Å². The standard InChI is InChI=1S/C24H26N2/c1-4-12-26(3)21-11-10-18-14-19-15-24(25-20-8-6-5-7-9-20)17(2)13-22(19)23(18)16-21/h5-11,13,15-16,25H,4,12,14H2,1-3H3. The molecule has 0 spiro atoms. The molecule has 0 saturated heterocycles. The lowest BCUT2D eigenvalue weighted by atomic mass is 10.0. The zero-order valence-electron chi connectivity index (χ0n) is 15.8. The molecule has 26 heavy (non-hydrogen) atoms. The van der Waals surface area contributed by atoms with Crippen molar-refractivity contribution in [2.75, 3.05) is 23.8 Å². The largest absolute Gasteiger partial charge is 0.375 e. The van der Waals surface area contributed by atoms with Crippen LogP contribution < -0.4 is 10.2 Å². The zero-order valence-corrected chi connectivity index (χ0v) is 15.8. The van der Waals surface area contributed by atoms with E-state index in [1.165, 1.54) is 39.2 Å². The molecule has 3 aromatic carbocycles. The van der Waals surface area contributed by atoms with E-state index in [4.69, 9.17) is 0 Å². The maximum atomic E-state index is 3.57. The van der Waals surface area contributed by atoms with E-state index >= 15 is 0 Å². The Labute approximate surface area is 156 Å². The highest BCUT2D eigenvalue weighted by molar-refractivity contribution is 5.83. The highest BCUT2D eigenvalue weighted by Gasteiger charge is 2.21. The first-order valence-electron chi connectivity index (χ1n) is 9.45. The van der Waals surface area contributed by atoms with E-state index in [0.717, 1.165) is 25.1 Å². The Kier molecular flexibility index (Phi) is 4.42. The van der Waals surface area contributed by atoms with Gasteiger partial charge in [-0.25, -0.2) is 0 Å². The van der Waals surface area contributed by atoms with Crippen molar-refractivity contribution in [3.63, 3.8) is 0 Å². The minimum absolute atomic E-state index is 1.02. The number of aryl methyl sites for hydroxylation is 1.